The summed E-state index contributed by atoms with van der Waals surface area (Å²) in [7, 11) is 3.25. The van der Waals surface area contributed by atoms with Crippen molar-refractivity contribution in [1.82, 2.24) is 4.98 Å². The Morgan fingerprint density at radius 1 is 1.00 bits per heavy atom. The Balaban J connectivity index is 0.00000243. The molecule has 1 aromatic heterocycles. The summed E-state index contributed by atoms with van der Waals surface area (Å²) >= 11 is 1.55. The Kier molecular flexibility index (Phi) is 7.29. The molecule has 3 aromatic rings. The highest BCUT2D eigenvalue weighted by atomic mass is 79.9. The number of ether oxygens (including phenoxy) is 3. The molecule has 0 spiro atoms. The van der Waals surface area contributed by atoms with Crippen LogP contribution in [-0.2, 0) is 0 Å². The lowest BCUT2D eigenvalue weighted by molar-refractivity contribution is -0.00000610. The van der Waals surface area contributed by atoms with Crippen LogP contribution in [0.2, 0.25) is 0 Å². The van der Waals surface area contributed by atoms with Crippen molar-refractivity contribution >= 4 is 22.2 Å². The van der Waals surface area contributed by atoms with Gasteiger partial charge in [-0.25, -0.2) is 4.98 Å². The van der Waals surface area contributed by atoms with Gasteiger partial charge in [0, 0.05) is 16.6 Å². The Bertz CT molecular complexity index is 837. The second-order valence-electron chi connectivity index (χ2n) is 5.19. The SMILES string of the molecule is CCOc1ccc(Nc2nc(-c3ccc(OC)c(OC)c3)cs2)cc1.[Br-]. The molecule has 0 aliphatic carbocycles. The summed E-state index contributed by atoms with van der Waals surface area (Å²) < 4.78 is 16.1. The van der Waals surface area contributed by atoms with Crippen LogP contribution in [-0.4, -0.2) is 25.8 Å². The van der Waals surface area contributed by atoms with E-state index >= 15 is 0 Å². The Labute approximate surface area is 167 Å². The van der Waals surface area contributed by atoms with E-state index in [0.717, 1.165) is 27.8 Å². The zero-order valence-corrected chi connectivity index (χ0v) is 17.2. The quantitative estimate of drug-likeness (QED) is 0.614. The summed E-state index contributed by atoms with van der Waals surface area (Å²) in [4.78, 5) is 4.65. The van der Waals surface area contributed by atoms with E-state index < -0.39 is 0 Å². The van der Waals surface area contributed by atoms with Crippen LogP contribution >= 0.6 is 11.3 Å². The normalized spacial score (nSPS) is 9.96. The number of anilines is 2. The van der Waals surface area contributed by atoms with Gasteiger partial charge in [-0.2, -0.15) is 0 Å². The van der Waals surface area contributed by atoms with Crippen LogP contribution < -0.4 is 36.5 Å². The number of aromatic nitrogens is 1. The van der Waals surface area contributed by atoms with Gasteiger partial charge < -0.3 is 36.5 Å². The molecule has 1 heterocycles. The number of hydrogen-bond donors (Lipinski definition) is 1. The average molecular weight is 436 g/mol. The summed E-state index contributed by atoms with van der Waals surface area (Å²) in [5.41, 5.74) is 2.84. The number of rotatable bonds is 7. The van der Waals surface area contributed by atoms with Crippen molar-refractivity contribution in [1.29, 1.82) is 0 Å². The van der Waals surface area contributed by atoms with Crippen molar-refractivity contribution in [2.45, 2.75) is 6.92 Å². The van der Waals surface area contributed by atoms with Gasteiger partial charge in [0.1, 0.15) is 5.75 Å². The molecule has 2 aromatic carbocycles. The van der Waals surface area contributed by atoms with Crippen LogP contribution in [0.3, 0.4) is 0 Å². The zero-order chi connectivity index (χ0) is 17.6. The molecule has 0 saturated carbocycles. The summed E-state index contributed by atoms with van der Waals surface area (Å²) in [6.07, 6.45) is 0. The first-order valence-electron chi connectivity index (χ1n) is 7.91. The van der Waals surface area contributed by atoms with Gasteiger partial charge in [-0.05, 0) is 49.4 Å². The average Bonchev–Trinajstić information content (AvgIpc) is 3.11. The molecule has 5 nitrogen and oxygen atoms in total. The molecule has 0 fully saturated rings. The molecule has 138 valence electrons. The molecule has 0 amide bonds. The third-order valence-corrected chi connectivity index (χ3v) is 4.36. The van der Waals surface area contributed by atoms with Crippen LogP contribution in [0.5, 0.6) is 17.2 Å². The summed E-state index contributed by atoms with van der Waals surface area (Å²) in [6.45, 7) is 2.63. The minimum absolute atomic E-state index is 0. The van der Waals surface area contributed by atoms with E-state index in [1.807, 2.05) is 54.8 Å². The van der Waals surface area contributed by atoms with Gasteiger partial charge >= 0.3 is 0 Å². The van der Waals surface area contributed by atoms with Crippen molar-refractivity contribution in [3.8, 4) is 28.5 Å². The molecule has 0 atom stereocenters. The maximum atomic E-state index is 5.45. The van der Waals surface area contributed by atoms with Crippen LogP contribution in [0.15, 0.2) is 47.8 Å². The fraction of sp³-hybridized carbons (Fsp3) is 0.211. The molecule has 0 saturated heterocycles. The lowest BCUT2D eigenvalue weighted by Crippen LogP contribution is -3.00. The molecule has 3 rings (SSSR count). The Morgan fingerprint density at radius 2 is 1.73 bits per heavy atom. The van der Waals surface area contributed by atoms with E-state index in [1.165, 1.54) is 0 Å². The second kappa shape index (κ2) is 9.45. The van der Waals surface area contributed by atoms with Gasteiger partial charge in [-0.15, -0.1) is 11.3 Å². The second-order valence-corrected chi connectivity index (χ2v) is 6.05. The van der Waals surface area contributed by atoms with Crippen molar-refractivity contribution in [3.05, 3.63) is 47.8 Å². The van der Waals surface area contributed by atoms with Gasteiger partial charge in [-0.1, -0.05) is 0 Å². The van der Waals surface area contributed by atoms with Gasteiger partial charge in [-0.3, -0.25) is 0 Å². The molecule has 26 heavy (non-hydrogen) atoms. The monoisotopic (exact) mass is 435 g/mol. The van der Waals surface area contributed by atoms with Crippen LogP contribution in [0, 0.1) is 0 Å². The van der Waals surface area contributed by atoms with Gasteiger partial charge in [0.25, 0.3) is 0 Å². The van der Waals surface area contributed by atoms with Gasteiger partial charge in [0.05, 0.1) is 26.5 Å². The van der Waals surface area contributed by atoms with Crippen molar-refractivity contribution < 1.29 is 31.2 Å². The zero-order valence-electron chi connectivity index (χ0n) is 14.8. The molecule has 1 N–H and O–H groups in total. The number of methoxy groups -OCH3 is 2. The minimum Gasteiger partial charge on any atom is -1.00 e. The smallest absolute Gasteiger partial charge is 0.187 e. The minimum atomic E-state index is 0. The number of halogens is 1. The highest BCUT2D eigenvalue weighted by Crippen LogP contribution is 2.34. The van der Waals surface area contributed by atoms with Crippen molar-refractivity contribution in [2.24, 2.45) is 0 Å². The summed E-state index contributed by atoms with van der Waals surface area (Å²) in [5, 5.41) is 6.15. The summed E-state index contributed by atoms with van der Waals surface area (Å²) in [5.74, 6) is 2.25. The fourth-order valence-electron chi connectivity index (χ4n) is 2.38. The fourth-order valence-corrected chi connectivity index (χ4v) is 3.12. The van der Waals surface area contributed by atoms with E-state index in [1.54, 1.807) is 25.6 Å². The highest BCUT2D eigenvalue weighted by molar-refractivity contribution is 7.14. The van der Waals surface area contributed by atoms with Gasteiger partial charge in [0.2, 0.25) is 0 Å². The van der Waals surface area contributed by atoms with Crippen LogP contribution in [0.25, 0.3) is 11.3 Å². The molecule has 0 radical (unpaired) electrons. The first kappa shape index (κ1) is 20.1. The van der Waals surface area contributed by atoms with E-state index in [-0.39, 0.29) is 17.0 Å². The maximum Gasteiger partial charge on any atom is 0.187 e. The van der Waals surface area contributed by atoms with Crippen LogP contribution in [0.1, 0.15) is 6.92 Å². The number of hydrogen-bond acceptors (Lipinski definition) is 6. The largest absolute Gasteiger partial charge is 1.00 e. The highest BCUT2D eigenvalue weighted by Gasteiger charge is 2.09. The first-order chi connectivity index (χ1) is 12.2. The Morgan fingerprint density at radius 3 is 2.38 bits per heavy atom. The van der Waals surface area contributed by atoms with E-state index in [2.05, 4.69) is 10.3 Å². The van der Waals surface area contributed by atoms with E-state index in [9.17, 15) is 0 Å². The molecule has 7 heteroatoms. The third-order valence-electron chi connectivity index (χ3n) is 3.60. The lowest BCUT2D eigenvalue weighted by Gasteiger charge is -2.08. The van der Waals surface area contributed by atoms with E-state index in [0.29, 0.717) is 18.1 Å². The predicted octanol–water partition coefficient (Wildman–Crippen LogP) is 1.97. The molecular formula is C19H20BrN2O3S-. The van der Waals surface area contributed by atoms with Crippen molar-refractivity contribution in [3.63, 3.8) is 0 Å². The van der Waals surface area contributed by atoms with Gasteiger partial charge in [0.15, 0.2) is 16.6 Å². The van der Waals surface area contributed by atoms with E-state index in [4.69, 9.17) is 14.2 Å². The first-order valence-corrected chi connectivity index (χ1v) is 8.79. The maximum absolute atomic E-state index is 5.45. The standard InChI is InChI=1S/C19H20N2O3S.BrH/c1-4-24-15-8-6-14(7-9-15)20-19-21-16(12-25-19)13-5-10-17(22-2)18(11-13)23-3;/h5-12H,4H2,1-3H3,(H,20,21);1H/p-1. The lowest BCUT2D eigenvalue weighted by atomic mass is 10.1. The third kappa shape index (κ3) is 4.68. The molecule has 0 aliphatic heterocycles. The van der Waals surface area contributed by atoms with Crippen molar-refractivity contribution in [2.75, 3.05) is 26.1 Å². The molecule has 0 bridgehead atoms. The molecular weight excluding hydrogens is 416 g/mol. The summed E-state index contributed by atoms with van der Waals surface area (Å²) in [6, 6.07) is 13.6. The predicted molar refractivity (Wildman–Crippen MR) is 102 cm³/mol. The number of thiazole rings is 1. The number of nitrogens with one attached hydrogen (secondary N) is 1. The molecule has 0 aliphatic rings. The number of nitrogens with zero attached hydrogens (tertiary/aromatic N) is 1. The Hall–Kier alpha value is -2.25. The topological polar surface area (TPSA) is 52.6 Å². The number of benzene rings is 2. The van der Waals surface area contributed by atoms with Crippen LogP contribution in [0.4, 0.5) is 10.8 Å². The molecule has 0 unspecified atom stereocenters.